The van der Waals surface area contributed by atoms with Crippen LogP contribution in [-0.4, -0.2) is 41.9 Å². The minimum Gasteiger partial charge on any atom is -0.409 e. The Morgan fingerprint density at radius 2 is 1.89 bits per heavy atom. The van der Waals surface area contributed by atoms with E-state index in [4.69, 9.17) is 10.9 Å². The molecule has 0 saturated heterocycles. The number of carbonyl (C=O) groups is 2. The first kappa shape index (κ1) is 14.5. The average Bonchev–Trinajstić information content (AvgIpc) is 2.38. The number of hydrogen-bond donors (Lipinski definition) is 3. The topological polar surface area (TPSA) is 108 Å². The molecule has 0 fully saturated rings. The maximum absolute atomic E-state index is 11.6. The highest BCUT2D eigenvalue weighted by Crippen LogP contribution is 2.11. The molecule has 0 atom stereocenters. The van der Waals surface area contributed by atoms with Crippen LogP contribution in [0.15, 0.2) is 29.4 Å². The van der Waals surface area contributed by atoms with Crippen LogP contribution in [0, 0.1) is 0 Å². The second-order valence-corrected chi connectivity index (χ2v) is 4.09. The van der Waals surface area contributed by atoms with Crippen molar-refractivity contribution in [3.63, 3.8) is 0 Å². The number of carbonyl (C=O) groups excluding carboxylic acids is 2. The largest absolute Gasteiger partial charge is 0.409 e. The number of nitrogens with two attached hydrogens (primary N) is 1. The molecule has 0 saturated carbocycles. The zero-order chi connectivity index (χ0) is 14.4. The molecule has 0 aliphatic carbocycles. The predicted octanol–water partition coefficient (Wildman–Crippen LogP) is 0.463. The number of anilines is 1. The van der Waals surface area contributed by atoms with Crippen molar-refractivity contribution >= 4 is 23.3 Å². The van der Waals surface area contributed by atoms with E-state index < -0.39 is 5.91 Å². The van der Waals surface area contributed by atoms with Crippen LogP contribution in [0.4, 0.5) is 5.69 Å². The first-order valence-corrected chi connectivity index (χ1v) is 5.52. The lowest BCUT2D eigenvalue weighted by molar-refractivity contribution is -0.115. The molecule has 0 aromatic heterocycles. The molecule has 19 heavy (non-hydrogen) atoms. The van der Waals surface area contributed by atoms with Gasteiger partial charge in [-0.2, -0.15) is 0 Å². The number of nitrogens with one attached hydrogen (secondary N) is 1. The third-order valence-electron chi connectivity index (χ3n) is 2.29. The lowest BCUT2D eigenvalue weighted by Gasteiger charge is -2.10. The summed E-state index contributed by atoms with van der Waals surface area (Å²) in [5.41, 5.74) is 6.27. The summed E-state index contributed by atoms with van der Waals surface area (Å²) in [4.78, 5) is 24.6. The van der Waals surface area contributed by atoms with Gasteiger partial charge in [0.2, 0.25) is 5.91 Å². The minimum absolute atomic E-state index is 0.116. The molecule has 0 aliphatic heterocycles. The van der Waals surface area contributed by atoms with Crippen LogP contribution in [0.5, 0.6) is 0 Å². The van der Waals surface area contributed by atoms with Crippen molar-refractivity contribution in [1.29, 1.82) is 0 Å². The summed E-state index contributed by atoms with van der Waals surface area (Å²) in [5.74, 6) is -0.687. The van der Waals surface area contributed by atoms with Crippen LogP contribution >= 0.6 is 0 Å². The number of hydrogen-bond acceptors (Lipinski definition) is 4. The van der Waals surface area contributed by atoms with E-state index in [1.54, 1.807) is 38.4 Å². The van der Waals surface area contributed by atoms with E-state index in [0.29, 0.717) is 11.3 Å². The van der Waals surface area contributed by atoms with Gasteiger partial charge in [0.1, 0.15) is 5.84 Å². The lowest BCUT2D eigenvalue weighted by Crippen LogP contribution is -2.22. The van der Waals surface area contributed by atoms with Crippen molar-refractivity contribution in [3.8, 4) is 0 Å². The maximum Gasteiger partial charge on any atom is 0.253 e. The quantitative estimate of drug-likeness (QED) is 0.318. The highest BCUT2D eigenvalue weighted by Gasteiger charge is 2.09. The molecule has 102 valence electrons. The lowest BCUT2D eigenvalue weighted by atomic mass is 10.2. The first-order chi connectivity index (χ1) is 8.93. The third-order valence-corrected chi connectivity index (χ3v) is 2.29. The van der Waals surface area contributed by atoms with Gasteiger partial charge in [-0.1, -0.05) is 5.16 Å². The maximum atomic E-state index is 11.6. The van der Waals surface area contributed by atoms with Crippen LogP contribution in [0.3, 0.4) is 0 Å². The van der Waals surface area contributed by atoms with Crippen LogP contribution in [-0.2, 0) is 4.79 Å². The third kappa shape index (κ3) is 4.30. The highest BCUT2D eigenvalue weighted by atomic mass is 16.4. The van der Waals surface area contributed by atoms with Crippen molar-refractivity contribution < 1.29 is 14.8 Å². The monoisotopic (exact) mass is 264 g/mol. The summed E-state index contributed by atoms with van der Waals surface area (Å²) >= 11 is 0. The van der Waals surface area contributed by atoms with Gasteiger partial charge in [0.05, 0.1) is 6.42 Å². The van der Waals surface area contributed by atoms with Crippen molar-refractivity contribution in [2.24, 2.45) is 10.9 Å². The molecule has 2 amide bonds. The molecule has 0 spiro atoms. The number of rotatable bonds is 4. The summed E-state index contributed by atoms with van der Waals surface area (Å²) in [6.07, 6.45) is -0.200. The normalized spacial score (nSPS) is 10.9. The van der Waals surface area contributed by atoms with E-state index in [2.05, 4.69) is 10.5 Å². The van der Waals surface area contributed by atoms with Gasteiger partial charge in [-0.3, -0.25) is 9.59 Å². The van der Waals surface area contributed by atoms with Gasteiger partial charge in [-0.15, -0.1) is 0 Å². The molecule has 0 unspecified atom stereocenters. The number of amidine groups is 1. The Bertz CT molecular complexity index is 494. The molecule has 1 aromatic rings. The van der Waals surface area contributed by atoms with Crippen LogP contribution < -0.4 is 11.1 Å². The molecular formula is C12H16N4O3. The standard InChI is InChI=1S/C12H16N4O3/c1-16(2)12(18)8-3-5-9(6-4-8)14-11(17)7-10(13)15-19/h3-6,19H,7H2,1-2H3,(H2,13,15)(H,14,17). The Morgan fingerprint density at radius 3 is 2.37 bits per heavy atom. The van der Waals surface area contributed by atoms with E-state index in [-0.39, 0.29) is 18.2 Å². The van der Waals surface area contributed by atoms with E-state index in [1.165, 1.54) is 4.90 Å². The Hall–Kier alpha value is -2.57. The zero-order valence-electron chi connectivity index (χ0n) is 10.8. The van der Waals surface area contributed by atoms with Crippen LogP contribution in [0.25, 0.3) is 0 Å². The van der Waals surface area contributed by atoms with Gasteiger partial charge in [-0.05, 0) is 24.3 Å². The van der Waals surface area contributed by atoms with Gasteiger partial charge >= 0.3 is 0 Å². The second-order valence-electron chi connectivity index (χ2n) is 4.09. The molecular weight excluding hydrogens is 248 g/mol. The van der Waals surface area contributed by atoms with E-state index >= 15 is 0 Å². The van der Waals surface area contributed by atoms with Gasteiger partial charge in [-0.25, -0.2) is 0 Å². The molecule has 0 radical (unpaired) electrons. The van der Waals surface area contributed by atoms with Crippen molar-refractivity contribution in [2.75, 3.05) is 19.4 Å². The summed E-state index contributed by atoms with van der Waals surface area (Å²) < 4.78 is 0. The molecule has 7 heteroatoms. The number of nitrogens with zero attached hydrogens (tertiary/aromatic N) is 2. The molecule has 0 bridgehead atoms. The Balaban J connectivity index is 2.67. The number of oxime groups is 1. The van der Waals surface area contributed by atoms with Crippen LogP contribution in [0.1, 0.15) is 16.8 Å². The molecule has 0 heterocycles. The summed E-state index contributed by atoms with van der Waals surface area (Å²) in [6.45, 7) is 0. The fraction of sp³-hybridized carbons (Fsp3) is 0.250. The fourth-order valence-corrected chi connectivity index (χ4v) is 1.36. The summed E-state index contributed by atoms with van der Waals surface area (Å²) in [5, 5.41) is 13.6. The number of amides is 2. The molecule has 1 rings (SSSR count). The zero-order valence-corrected chi connectivity index (χ0v) is 10.8. The molecule has 0 aliphatic rings. The summed E-state index contributed by atoms with van der Waals surface area (Å²) in [6, 6.07) is 6.45. The smallest absolute Gasteiger partial charge is 0.253 e. The van der Waals surface area contributed by atoms with E-state index in [9.17, 15) is 9.59 Å². The fourth-order valence-electron chi connectivity index (χ4n) is 1.36. The van der Waals surface area contributed by atoms with Crippen LogP contribution in [0.2, 0.25) is 0 Å². The Labute approximate surface area is 110 Å². The van der Waals surface area contributed by atoms with Gasteiger partial charge < -0.3 is 21.2 Å². The molecule has 7 nitrogen and oxygen atoms in total. The van der Waals surface area contributed by atoms with Gasteiger partial charge in [0, 0.05) is 25.3 Å². The minimum atomic E-state index is -0.401. The van der Waals surface area contributed by atoms with E-state index in [0.717, 1.165) is 0 Å². The predicted molar refractivity (Wildman–Crippen MR) is 71.1 cm³/mol. The first-order valence-electron chi connectivity index (χ1n) is 5.52. The van der Waals surface area contributed by atoms with Crippen molar-refractivity contribution in [2.45, 2.75) is 6.42 Å². The summed E-state index contributed by atoms with van der Waals surface area (Å²) in [7, 11) is 3.32. The van der Waals surface area contributed by atoms with E-state index in [1.807, 2.05) is 0 Å². The average molecular weight is 264 g/mol. The second kappa shape index (κ2) is 6.39. The Morgan fingerprint density at radius 1 is 1.32 bits per heavy atom. The van der Waals surface area contributed by atoms with Crippen molar-refractivity contribution in [3.05, 3.63) is 29.8 Å². The molecule has 4 N–H and O–H groups in total. The van der Waals surface area contributed by atoms with Crippen molar-refractivity contribution in [1.82, 2.24) is 4.90 Å². The SMILES string of the molecule is CN(C)C(=O)c1ccc(NC(=O)CC(N)=NO)cc1. The number of benzene rings is 1. The van der Waals surface area contributed by atoms with Gasteiger partial charge in [0.25, 0.3) is 5.91 Å². The Kier molecular flexibility index (Phi) is 4.87. The highest BCUT2D eigenvalue weighted by molar-refractivity contribution is 6.05. The molecule has 1 aromatic carbocycles. The van der Waals surface area contributed by atoms with Gasteiger partial charge in [0.15, 0.2) is 0 Å².